The zero-order chi connectivity index (χ0) is 20.4. The molecule has 0 spiro atoms. The molecule has 1 aromatic carbocycles. The zero-order valence-electron chi connectivity index (χ0n) is 16.5. The molecular weight excluding hydrogens is 374 g/mol. The maximum atomic E-state index is 12.4. The second-order valence-electron chi connectivity index (χ2n) is 7.74. The molecular formula is C19H26ClNO6. The lowest BCUT2D eigenvalue weighted by Gasteiger charge is -2.29. The second-order valence-corrected chi connectivity index (χ2v) is 8.15. The van der Waals surface area contributed by atoms with E-state index in [0.29, 0.717) is 19.0 Å². The van der Waals surface area contributed by atoms with Gasteiger partial charge in [-0.15, -0.1) is 0 Å². The molecule has 0 aromatic heterocycles. The highest BCUT2D eigenvalue weighted by atomic mass is 35.5. The first-order chi connectivity index (χ1) is 12.4. The van der Waals surface area contributed by atoms with Crippen LogP contribution in [0, 0.1) is 0 Å². The lowest BCUT2D eigenvalue weighted by atomic mass is 10.1. The maximum absolute atomic E-state index is 12.4. The van der Waals surface area contributed by atoms with Crippen molar-refractivity contribution in [3.63, 3.8) is 0 Å². The topological polar surface area (TPSA) is 86.4 Å². The molecule has 0 aliphatic carbocycles. The number of nitrogens with one attached hydrogen (secondary N) is 1. The molecule has 0 radical (unpaired) electrons. The molecule has 1 N–H and O–H groups in total. The van der Waals surface area contributed by atoms with Crippen LogP contribution in [0.25, 0.3) is 0 Å². The first-order valence-electron chi connectivity index (χ1n) is 8.65. The molecule has 0 bridgehead atoms. The third kappa shape index (κ3) is 6.01. The summed E-state index contributed by atoms with van der Waals surface area (Å²) in [7, 11) is 1.51. The molecule has 27 heavy (non-hydrogen) atoms. The number of halogens is 1. The van der Waals surface area contributed by atoms with Crippen molar-refractivity contribution in [3.05, 3.63) is 22.7 Å². The summed E-state index contributed by atoms with van der Waals surface area (Å²) in [6, 6.07) is 2.95. The molecule has 0 unspecified atom stereocenters. The van der Waals surface area contributed by atoms with Gasteiger partial charge in [0.1, 0.15) is 29.8 Å². The Morgan fingerprint density at radius 1 is 1.22 bits per heavy atom. The van der Waals surface area contributed by atoms with E-state index in [4.69, 9.17) is 30.5 Å². The van der Waals surface area contributed by atoms with E-state index in [1.165, 1.54) is 19.2 Å². The quantitative estimate of drug-likeness (QED) is 0.560. The van der Waals surface area contributed by atoms with Gasteiger partial charge in [-0.25, -0.2) is 4.79 Å². The smallest absolute Gasteiger partial charge is 0.350 e. The summed E-state index contributed by atoms with van der Waals surface area (Å²) in [6.45, 7) is 9.43. The molecule has 1 aliphatic heterocycles. The van der Waals surface area contributed by atoms with E-state index in [1.807, 2.05) is 0 Å². The Kier molecular flexibility index (Phi) is 6.27. The highest BCUT2D eigenvalue weighted by Crippen LogP contribution is 2.36. The van der Waals surface area contributed by atoms with E-state index in [1.54, 1.807) is 34.6 Å². The van der Waals surface area contributed by atoms with Crippen molar-refractivity contribution in [1.82, 2.24) is 5.32 Å². The van der Waals surface area contributed by atoms with Gasteiger partial charge in [0.15, 0.2) is 5.60 Å². The second kappa shape index (κ2) is 7.94. The van der Waals surface area contributed by atoms with E-state index in [2.05, 4.69) is 5.32 Å². The normalized spacial score (nSPS) is 16.5. The highest BCUT2D eigenvalue weighted by Gasteiger charge is 2.36. The summed E-state index contributed by atoms with van der Waals surface area (Å²) in [5, 5.41) is 2.72. The molecule has 1 fully saturated rings. The van der Waals surface area contributed by atoms with Crippen molar-refractivity contribution < 1.29 is 28.5 Å². The SMILES string of the molecule is CNC(=O)c1cc(Cl)c(OC(C)(C)C(=O)OC(C)(C)C)cc1OC[C@@H]1CO1. The largest absolute Gasteiger partial charge is 0.490 e. The number of ether oxygens (including phenoxy) is 4. The molecule has 1 saturated heterocycles. The van der Waals surface area contributed by atoms with Crippen LogP contribution in [-0.4, -0.2) is 49.4 Å². The Hall–Kier alpha value is -1.99. The van der Waals surface area contributed by atoms with Crippen LogP contribution in [0.2, 0.25) is 5.02 Å². The number of epoxide rings is 1. The van der Waals surface area contributed by atoms with Gasteiger partial charge in [0.2, 0.25) is 0 Å². The summed E-state index contributed by atoms with van der Waals surface area (Å²) in [4.78, 5) is 24.5. The fourth-order valence-electron chi connectivity index (χ4n) is 2.11. The van der Waals surface area contributed by atoms with Crippen LogP contribution in [0.3, 0.4) is 0 Å². The van der Waals surface area contributed by atoms with Gasteiger partial charge in [-0.3, -0.25) is 4.79 Å². The molecule has 1 aliphatic rings. The molecule has 1 heterocycles. The average Bonchev–Trinajstić information content (AvgIpc) is 3.36. The Labute approximate surface area is 164 Å². The van der Waals surface area contributed by atoms with Crippen molar-refractivity contribution in [2.24, 2.45) is 0 Å². The number of benzene rings is 1. The fraction of sp³-hybridized carbons (Fsp3) is 0.579. The zero-order valence-corrected chi connectivity index (χ0v) is 17.2. The number of hydrogen-bond donors (Lipinski definition) is 1. The number of amides is 1. The van der Waals surface area contributed by atoms with Gasteiger partial charge in [-0.05, 0) is 40.7 Å². The van der Waals surface area contributed by atoms with E-state index in [0.717, 1.165) is 0 Å². The van der Waals surface area contributed by atoms with Crippen LogP contribution in [0.15, 0.2) is 12.1 Å². The summed E-state index contributed by atoms with van der Waals surface area (Å²) < 4.78 is 22.0. The molecule has 7 nitrogen and oxygen atoms in total. The van der Waals surface area contributed by atoms with E-state index < -0.39 is 17.2 Å². The van der Waals surface area contributed by atoms with Gasteiger partial charge in [0.25, 0.3) is 5.91 Å². The van der Waals surface area contributed by atoms with E-state index >= 15 is 0 Å². The standard InChI is InChI=1S/C19H26ClNO6/c1-18(2,3)27-17(23)19(4,5)26-15-8-14(25-10-11-9-24-11)12(7-13(15)20)16(22)21-6/h7-8,11H,9-10H2,1-6H3,(H,21,22)/t11-/m0/s1. The van der Waals surface area contributed by atoms with Crippen LogP contribution in [0.4, 0.5) is 0 Å². The molecule has 2 rings (SSSR count). The van der Waals surface area contributed by atoms with Gasteiger partial charge < -0.3 is 24.3 Å². The number of carbonyl (C=O) groups is 2. The summed E-state index contributed by atoms with van der Waals surface area (Å²) in [5.74, 6) is -0.368. The number of hydrogen-bond acceptors (Lipinski definition) is 6. The monoisotopic (exact) mass is 399 g/mol. The summed E-state index contributed by atoms with van der Waals surface area (Å²) in [5.41, 5.74) is -1.67. The molecule has 1 atom stereocenters. The highest BCUT2D eigenvalue weighted by molar-refractivity contribution is 6.32. The molecule has 150 valence electrons. The molecule has 0 saturated carbocycles. The van der Waals surface area contributed by atoms with E-state index in [9.17, 15) is 9.59 Å². The molecule has 8 heteroatoms. The lowest BCUT2D eigenvalue weighted by Crippen LogP contribution is -2.43. The predicted molar refractivity (Wildman–Crippen MR) is 101 cm³/mol. The van der Waals surface area contributed by atoms with E-state index in [-0.39, 0.29) is 28.3 Å². The van der Waals surface area contributed by atoms with Gasteiger partial charge in [0, 0.05) is 13.1 Å². The van der Waals surface area contributed by atoms with Crippen molar-refractivity contribution in [2.75, 3.05) is 20.3 Å². The Morgan fingerprint density at radius 3 is 2.37 bits per heavy atom. The number of carbonyl (C=O) groups excluding carboxylic acids is 2. The Balaban J connectivity index is 2.28. The van der Waals surface area contributed by atoms with Crippen molar-refractivity contribution in [2.45, 2.75) is 51.9 Å². The van der Waals surface area contributed by atoms with Crippen molar-refractivity contribution in [1.29, 1.82) is 0 Å². The first kappa shape index (κ1) is 21.3. The number of esters is 1. The fourth-order valence-corrected chi connectivity index (χ4v) is 2.31. The molecule has 1 aromatic rings. The van der Waals surface area contributed by atoms with Gasteiger partial charge in [0.05, 0.1) is 17.2 Å². The van der Waals surface area contributed by atoms with Crippen LogP contribution in [-0.2, 0) is 14.3 Å². The summed E-state index contributed by atoms with van der Waals surface area (Å²) >= 11 is 6.28. The Bertz CT molecular complexity index is 722. The molecule has 1 amide bonds. The van der Waals surface area contributed by atoms with Crippen LogP contribution < -0.4 is 14.8 Å². The predicted octanol–water partition coefficient (Wildman–Crippen LogP) is 2.98. The van der Waals surface area contributed by atoms with Gasteiger partial charge >= 0.3 is 5.97 Å². The van der Waals surface area contributed by atoms with Crippen LogP contribution in [0.5, 0.6) is 11.5 Å². The minimum absolute atomic E-state index is 0.0146. The summed E-state index contributed by atoms with van der Waals surface area (Å²) in [6.07, 6.45) is 0.0146. The van der Waals surface area contributed by atoms with Crippen molar-refractivity contribution in [3.8, 4) is 11.5 Å². The minimum atomic E-state index is -1.29. The maximum Gasteiger partial charge on any atom is 0.350 e. The third-order valence-electron chi connectivity index (χ3n) is 3.59. The van der Waals surface area contributed by atoms with Crippen LogP contribution >= 0.6 is 11.6 Å². The third-order valence-corrected chi connectivity index (χ3v) is 3.88. The minimum Gasteiger partial charge on any atom is -0.490 e. The van der Waals surface area contributed by atoms with Gasteiger partial charge in [-0.1, -0.05) is 11.6 Å². The lowest BCUT2D eigenvalue weighted by molar-refractivity contribution is -0.170. The Morgan fingerprint density at radius 2 is 1.85 bits per heavy atom. The van der Waals surface area contributed by atoms with Gasteiger partial charge in [-0.2, -0.15) is 0 Å². The van der Waals surface area contributed by atoms with Crippen LogP contribution in [0.1, 0.15) is 45.0 Å². The number of rotatable bonds is 7. The van der Waals surface area contributed by atoms with Crippen molar-refractivity contribution >= 4 is 23.5 Å². The first-order valence-corrected chi connectivity index (χ1v) is 9.03. The average molecular weight is 400 g/mol.